The van der Waals surface area contributed by atoms with E-state index in [2.05, 4.69) is 20.2 Å². The number of hydrogen-bond donors (Lipinski definition) is 0. The van der Waals surface area contributed by atoms with Crippen molar-refractivity contribution in [1.82, 2.24) is 34.7 Å². The average molecular weight is 423 g/mol. The van der Waals surface area contributed by atoms with Crippen molar-refractivity contribution < 1.29 is 14.1 Å². The van der Waals surface area contributed by atoms with Gasteiger partial charge in [-0.1, -0.05) is 5.16 Å². The van der Waals surface area contributed by atoms with Crippen molar-refractivity contribution in [3.63, 3.8) is 0 Å². The van der Waals surface area contributed by atoms with Crippen LogP contribution in [0.2, 0.25) is 0 Å². The Morgan fingerprint density at radius 3 is 2.71 bits per heavy atom. The maximum absolute atomic E-state index is 13.2. The van der Waals surface area contributed by atoms with Gasteiger partial charge in [0.1, 0.15) is 12.6 Å². The molecule has 0 aromatic carbocycles. The van der Waals surface area contributed by atoms with Crippen LogP contribution in [0.5, 0.6) is 0 Å². The Bertz CT molecular complexity index is 1080. The molecule has 1 aliphatic heterocycles. The van der Waals surface area contributed by atoms with Gasteiger partial charge in [-0.15, -0.1) is 0 Å². The predicted octanol–water partition coefficient (Wildman–Crippen LogP) is 1.70. The van der Waals surface area contributed by atoms with Crippen LogP contribution in [-0.4, -0.2) is 66.2 Å². The van der Waals surface area contributed by atoms with Gasteiger partial charge in [0.25, 0.3) is 11.8 Å². The van der Waals surface area contributed by atoms with Crippen LogP contribution in [0.4, 0.5) is 0 Å². The van der Waals surface area contributed by atoms with E-state index >= 15 is 0 Å². The number of nitrogens with zero attached hydrogens (tertiary/aromatic N) is 7. The summed E-state index contributed by atoms with van der Waals surface area (Å²) in [5.74, 6) is 0.555. The number of hydrogen-bond acceptors (Lipinski definition) is 7. The Hall–Kier alpha value is -3.56. The standard InChI is InChI=1S/C21H25N7O3/c1-14-10-15(2)28(24-14)13-19(29)26-8-5-9-27(21(30)17-6-4-7-22-11-17)18(12-26)20-23-16(3)25-31-20/h4,6-7,10-11,18H,5,8-9,12-13H2,1-3H3. The molecule has 1 saturated heterocycles. The molecule has 4 heterocycles. The van der Waals surface area contributed by atoms with Gasteiger partial charge in [-0.25, -0.2) is 0 Å². The van der Waals surface area contributed by atoms with Gasteiger partial charge in [-0.05, 0) is 45.4 Å². The summed E-state index contributed by atoms with van der Waals surface area (Å²) < 4.78 is 7.12. The third kappa shape index (κ3) is 4.47. The number of carbonyl (C=O) groups is 2. The van der Waals surface area contributed by atoms with Crippen molar-refractivity contribution in [2.75, 3.05) is 19.6 Å². The number of carbonyl (C=O) groups excluding carboxylic acids is 2. The zero-order valence-electron chi connectivity index (χ0n) is 17.9. The first-order chi connectivity index (χ1) is 14.9. The van der Waals surface area contributed by atoms with Crippen LogP contribution in [0.1, 0.15) is 45.9 Å². The molecule has 0 bridgehead atoms. The summed E-state index contributed by atoms with van der Waals surface area (Å²) in [6.45, 7) is 6.95. The highest BCUT2D eigenvalue weighted by atomic mass is 16.5. The molecule has 0 spiro atoms. The minimum absolute atomic E-state index is 0.0666. The van der Waals surface area contributed by atoms with Gasteiger partial charge in [0.2, 0.25) is 5.91 Å². The predicted molar refractivity (Wildman–Crippen MR) is 110 cm³/mol. The molecule has 1 unspecified atom stereocenters. The summed E-state index contributed by atoms with van der Waals surface area (Å²) in [6.07, 6.45) is 3.80. The van der Waals surface area contributed by atoms with Gasteiger partial charge >= 0.3 is 0 Å². The second-order valence-electron chi connectivity index (χ2n) is 7.71. The lowest BCUT2D eigenvalue weighted by Gasteiger charge is -2.29. The Labute approximate surface area is 179 Å². The zero-order chi connectivity index (χ0) is 22.0. The van der Waals surface area contributed by atoms with Crippen molar-refractivity contribution in [1.29, 1.82) is 0 Å². The second kappa shape index (κ2) is 8.66. The van der Waals surface area contributed by atoms with Crippen LogP contribution in [0.25, 0.3) is 0 Å². The van der Waals surface area contributed by atoms with Crippen molar-refractivity contribution in [3.05, 3.63) is 59.3 Å². The Morgan fingerprint density at radius 2 is 2.06 bits per heavy atom. The first-order valence-electron chi connectivity index (χ1n) is 10.2. The van der Waals surface area contributed by atoms with E-state index in [4.69, 9.17) is 4.52 Å². The highest BCUT2D eigenvalue weighted by Gasteiger charge is 2.35. The normalized spacial score (nSPS) is 16.9. The molecule has 1 aliphatic rings. The first kappa shape index (κ1) is 20.7. The maximum Gasteiger partial charge on any atom is 0.256 e. The van der Waals surface area contributed by atoms with Crippen LogP contribution in [0.15, 0.2) is 35.1 Å². The van der Waals surface area contributed by atoms with Gasteiger partial charge in [0.15, 0.2) is 5.82 Å². The highest BCUT2D eigenvalue weighted by molar-refractivity contribution is 5.94. The zero-order valence-corrected chi connectivity index (χ0v) is 17.9. The SMILES string of the molecule is Cc1cc(C)n(CC(=O)N2CCCN(C(=O)c3cccnc3)C(c3nc(C)no3)C2)n1. The quantitative estimate of drug-likeness (QED) is 0.628. The Morgan fingerprint density at radius 1 is 1.23 bits per heavy atom. The van der Waals surface area contributed by atoms with Crippen molar-refractivity contribution in [2.24, 2.45) is 0 Å². The van der Waals surface area contributed by atoms with E-state index in [1.54, 1.807) is 39.7 Å². The fourth-order valence-electron chi connectivity index (χ4n) is 3.83. The average Bonchev–Trinajstić information content (AvgIpc) is 3.24. The molecule has 3 aromatic rings. The summed E-state index contributed by atoms with van der Waals surface area (Å²) in [7, 11) is 0. The van der Waals surface area contributed by atoms with Crippen LogP contribution in [0, 0.1) is 20.8 Å². The van der Waals surface area contributed by atoms with Gasteiger partial charge in [-0.3, -0.25) is 19.3 Å². The van der Waals surface area contributed by atoms with Crippen LogP contribution in [-0.2, 0) is 11.3 Å². The number of rotatable bonds is 4. The minimum atomic E-state index is -0.541. The molecule has 0 aliphatic carbocycles. The van der Waals surface area contributed by atoms with Gasteiger partial charge < -0.3 is 14.3 Å². The molecule has 1 fully saturated rings. The van der Waals surface area contributed by atoms with E-state index in [0.29, 0.717) is 36.8 Å². The van der Waals surface area contributed by atoms with E-state index in [0.717, 1.165) is 11.4 Å². The lowest BCUT2D eigenvalue weighted by atomic mass is 10.1. The molecule has 10 heteroatoms. The van der Waals surface area contributed by atoms with Crippen LogP contribution in [0.3, 0.4) is 0 Å². The molecule has 1 atom stereocenters. The molecule has 0 N–H and O–H groups in total. The molecular formula is C21H25N7O3. The summed E-state index contributed by atoms with van der Waals surface area (Å²) in [4.78, 5) is 38.2. The lowest BCUT2D eigenvalue weighted by Crippen LogP contribution is -2.41. The summed E-state index contributed by atoms with van der Waals surface area (Å²) in [5, 5.41) is 8.28. The lowest BCUT2D eigenvalue weighted by molar-refractivity contribution is -0.132. The molecule has 31 heavy (non-hydrogen) atoms. The fraction of sp³-hybridized carbons (Fsp3) is 0.429. The molecule has 3 aromatic heterocycles. The van der Waals surface area contributed by atoms with E-state index in [1.807, 2.05) is 19.9 Å². The molecule has 162 valence electrons. The van der Waals surface area contributed by atoms with Crippen molar-refractivity contribution in [3.8, 4) is 0 Å². The second-order valence-corrected chi connectivity index (χ2v) is 7.71. The minimum Gasteiger partial charge on any atom is -0.338 e. The third-order valence-electron chi connectivity index (χ3n) is 5.34. The molecular weight excluding hydrogens is 398 g/mol. The first-order valence-corrected chi connectivity index (χ1v) is 10.2. The topological polar surface area (TPSA) is 110 Å². The Balaban J connectivity index is 1.60. The van der Waals surface area contributed by atoms with Gasteiger partial charge in [0.05, 0.1) is 17.8 Å². The largest absolute Gasteiger partial charge is 0.338 e. The van der Waals surface area contributed by atoms with Gasteiger partial charge in [0, 0.05) is 31.2 Å². The van der Waals surface area contributed by atoms with E-state index < -0.39 is 6.04 Å². The molecule has 0 radical (unpaired) electrons. The smallest absolute Gasteiger partial charge is 0.256 e. The summed E-state index contributed by atoms with van der Waals surface area (Å²) in [5.41, 5.74) is 2.28. The highest BCUT2D eigenvalue weighted by Crippen LogP contribution is 2.26. The molecule has 2 amide bonds. The van der Waals surface area contributed by atoms with Crippen molar-refractivity contribution in [2.45, 2.75) is 39.8 Å². The third-order valence-corrected chi connectivity index (χ3v) is 5.34. The number of amides is 2. The van der Waals surface area contributed by atoms with Gasteiger partial charge in [-0.2, -0.15) is 10.1 Å². The van der Waals surface area contributed by atoms with E-state index in [-0.39, 0.29) is 24.9 Å². The number of pyridine rings is 1. The number of aryl methyl sites for hydroxylation is 3. The van der Waals surface area contributed by atoms with Crippen molar-refractivity contribution >= 4 is 11.8 Å². The van der Waals surface area contributed by atoms with Crippen LogP contribution < -0.4 is 0 Å². The Kier molecular flexibility index (Phi) is 5.79. The monoisotopic (exact) mass is 423 g/mol. The summed E-state index contributed by atoms with van der Waals surface area (Å²) >= 11 is 0. The van der Waals surface area contributed by atoms with Crippen LogP contribution >= 0.6 is 0 Å². The molecule has 4 rings (SSSR count). The van der Waals surface area contributed by atoms with E-state index in [9.17, 15) is 9.59 Å². The molecule has 0 saturated carbocycles. The summed E-state index contributed by atoms with van der Waals surface area (Å²) in [6, 6.07) is 4.85. The van der Waals surface area contributed by atoms with E-state index in [1.165, 1.54) is 6.20 Å². The maximum atomic E-state index is 13.2. The fourth-order valence-corrected chi connectivity index (χ4v) is 3.83. The molecule has 10 nitrogen and oxygen atoms in total. The number of aromatic nitrogens is 5.